The van der Waals surface area contributed by atoms with Gasteiger partial charge in [0.2, 0.25) is 0 Å². The highest BCUT2D eigenvalue weighted by molar-refractivity contribution is 5.87. The lowest BCUT2D eigenvalue weighted by molar-refractivity contribution is 0.0697. The molecule has 3 heteroatoms. The molecule has 0 radical (unpaired) electrons. The van der Waals surface area contributed by atoms with Gasteiger partial charge in [-0.2, -0.15) is 0 Å². The molecule has 21 heavy (non-hydrogen) atoms. The van der Waals surface area contributed by atoms with E-state index in [0.717, 1.165) is 24.9 Å². The first-order chi connectivity index (χ1) is 10.1. The van der Waals surface area contributed by atoms with Gasteiger partial charge in [0.25, 0.3) is 0 Å². The molecule has 0 saturated carbocycles. The third-order valence-electron chi connectivity index (χ3n) is 4.22. The van der Waals surface area contributed by atoms with Crippen LogP contribution in [-0.2, 0) is 13.0 Å². The second kappa shape index (κ2) is 5.60. The number of rotatable bonds is 3. The van der Waals surface area contributed by atoms with Gasteiger partial charge in [-0.25, -0.2) is 4.79 Å². The van der Waals surface area contributed by atoms with Crippen LogP contribution < -0.4 is 4.90 Å². The normalized spacial score (nSPS) is 17.4. The number of aryl methyl sites for hydroxylation is 1. The number of carboxylic acid groups (broad SMARTS) is 1. The van der Waals surface area contributed by atoms with Crippen molar-refractivity contribution < 1.29 is 9.90 Å². The molecule has 1 N–H and O–H groups in total. The van der Waals surface area contributed by atoms with E-state index in [1.165, 1.54) is 11.3 Å². The molecule has 0 aromatic heterocycles. The number of benzene rings is 2. The van der Waals surface area contributed by atoms with Crippen molar-refractivity contribution in [1.29, 1.82) is 0 Å². The molecule has 0 amide bonds. The number of hydrogen-bond donors (Lipinski definition) is 1. The first-order valence-electron chi connectivity index (χ1n) is 7.32. The Bertz CT molecular complexity index is 649. The monoisotopic (exact) mass is 281 g/mol. The second-order valence-corrected chi connectivity index (χ2v) is 5.65. The smallest absolute Gasteiger partial charge is 0.335 e. The first kappa shape index (κ1) is 13.7. The van der Waals surface area contributed by atoms with Gasteiger partial charge in [-0.05, 0) is 49.1 Å². The quantitative estimate of drug-likeness (QED) is 0.932. The molecule has 3 nitrogen and oxygen atoms in total. The minimum Gasteiger partial charge on any atom is -0.478 e. The lowest BCUT2D eigenvalue weighted by Gasteiger charge is -2.37. The van der Waals surface area contributed by atoms with Crippen LogP contribution in [0, 0.1) is 0 Å². The van der Waals surface area contributed by atoms with E-state index in [1.54, 1.807) is 12.1 Å². The number of aromatic carboxylic acids is 1. The molecule has 0 saturated heterocycles. The van der Waals surface area contributed by atoms with Gasteiger partial charge >= 0.3 is 5.97 Å². The van der Waals surface area contributed by atoms with Gasteiger partial charge in [0, 0.05) is 18.3 Å². The van der Waals surface area contributed by atoms with Crippen LogP contribution in [0.4, 0.5) is 5.69 Å². The summed E-state index contributed by atoms with van der Waals surface area (Å²) in [6.07, 6.45) is 2.29. The van der Waals surface area contributed by atoms with Crippen molar-refractivity contribution in [2.45, 2.75) is 32.4 Å². The molecular weight excluding hydrogens is 262 g/mol. The van der Waals surface area contributed by atoms with Crippen molar-refractivity contribution in [3.05, 3.63) is 65.2 Å². The molecule has 1 heterocycles. The molecule has 2 aromatic carbocycles. The first-order valence-corrected chi connectivity index (χ1v) is 7.32. The van der Waals surface area contributed by atoms with E-state index in [2.05, 4.69) is 36.1 Å². The summed E-state index contributed by atoms with van der Waals surface area (Å²) in [5.41, 5.74) is 4.19. The average molecular weight is 281 g/mol. The van der Waals surface area contributed by atoms with Gasteiger partial charge in [0.1, 0.15) is 0 Å². The minimum absolute atomic E-state index is 0.339. The minimum atomic E-state index is -0.877. The Morgan fingerprint density at radius 1 is 1.19 bits per heavy atom. The zero-order valence-electron chi connectivity index (χ0n) is 12.1. The number of carboxylic acids is 1. The molecule has 1 unspecified atom stereocenters. The Kier molecular flexibility index (Phi) is 3.65. The fourth-order valence-corrected chi connectivity index (χ4v) is 2.95. The highest BCUT2D eigenvalue weighted by atomic mass is 16.4. The van der Waals surface area contributed by atoms with E-state index in [4.69, 9.17) is 5.11 Å². The van der Waals surface area contributed by atoms with Crippen LogP contribution >= 0.6 is 0 Å². The van der Waals surface area contributed by atoms with Crippen LogP contribution in [0.25, 0.3) is 0 Å². The Morgan fingerprint density at radius 3 is 2.62 bits per heavy atom. The second-order valence-electron chi connectivity index (χ2n) is 5.65. The molecule has 1 aliphatic rings. The summed E-state index contributed by atoms with van der Waals surface area (Å²) >= 11 is 0. The Hall–Kier alpha value is -2.29. The van der Waals surface area contributed by atoms with E-state index in [0.29, 0.717) is 11.6 Å². The van der Waals surface area contributed by atoms with Gasteiger partial charge in [-0.3, -0.25) is 0 Å². The zero-order chi connectivity index (χ0) is 14.8. The van der Waals surface area contributed by atoms with E-state index >= 15 is 0 Å². The highest BCUT2D eigenvalue weighted by Crippen LogP contribution is 2.31. The van der Waals surface area contributed by atoms with Gasteiger partial charge in [-0.15, -0.1) is 0 Å². The van der Waals surface area contributed by atoms with Crippen molar-refractivity contribution in [2.75, 3.05) is 4.90 Å². The van der Waals surface area contributed by atoms with Crippen molar-refractivity contribution in [1.82, 2.24) is 0 Å². The number of anilines is 1. The predicted octanol–water partition coefficient (Wildman–Crippen LogP) is 3.73. The third kappa shape index (κ3) is 2.77. The molecular formula is C18H19NO2. The molecule has 0 fully saturated rings. The topological polar surface area (TPSA) is 40.5 Å². The number of nitrogens with zero attached hydrogens (tertiary/aromatic N) is 1. The molecule has 1 atom stereocenters. The number of carbonyl (C=O) groups is 1. The van der Waals surface area contributed by atoms with E-state index < -0.39 is 5.97 Å². The standard InChI is InChI=1S/C18H19NO2/c1-13-6-9-15-4-2-3-5-17(15)19(13)12-14-7-10-16(11-8-14)18(20)21/h2-5,7-8,10-11,13H,6,9,12H2,1H3,(H,20,21). The van der Waals surface area contributed by atoms with Crippen molar-refractivity contribution in [2.24, 2.45) is 0 Å². The molecule has 108 valence electrons. The van der Waals surface area contributed by atoms with E-state index in [-0.39, 0.29) is 0 Å². The lowest BCUT2D eigenvalue weighted by atomic mass is 9.96. The van der Waals surface area contributed by atoms with Crippen LogP contribution in [-0.4, -0.2) is 17.1 Å². The molecule has 0 aliphatic carbocycles. The van der Waals surface area contributed by atoms with Crippen molar-refractivity contribution in [3.63, 3.8) is 0 Å². The molecule has 3 rings (SSSR count). The maximum atomic E-state index is 10.9. The van der Waals surface area contributed by atoms with Gasteiger partial charge in [0.15, 0.2) is 0 Å². The summed E-state index contributed by atoms with van der Waals surface area (Å²) in [7, 11) is 0. The van der Waals surface area contributed by atoms with Crippen LogP contribution in [0.3, 0.4) is 0 Å². The van der Waals surface area contributed by atoms with Crippen LogP contribution in [0.5, 0.6) is 0 Å². The zero-order valence-corrected chi connectivity index (χ0v) is 12.1. The summed E-state index contributed by atoms with van der Waals surface area (Å²) in [6.45, 7) is 3.07. The Morgan fingerprint density at radius 2 is 1.90 bits per heavy atom. The number of fused-ring (bicyclic) bond motifs is 1. The summed E-state index contributed by atoms with van der Waals surface area (Å²) in [5, 5.41) is 8.96. The number of para-hydroxylation sites is 1. The molecule has 0 spiro atoms. The summed E-state index contributed by atoms with van der Waals surface area (Å²) < 4.78 is 0. The molecule has 0 bridgehead atoms. The molecule has 1 aliphatic heterocycles. The SMILES string of the molecule is CC1CCc2ccccc2N1Cc1ccc(C(=O)O)cc1. The van der Waals surface area contributed by atoms with E-state index in [1.807, 2.05) is 12.1 Å². The summed E-state index contributed by atoms with van der Waals surface area (Å²) in [4.78, 5) is 13.3. The summed E-state index contributed by atoms with van der Waals surface area (Å²) in [5.74, 6) is -0.877. The van der Waals surface area contributed by atoms with Crippen LogP contribution in [0.1, 0.15) is 34.8 Å². The van der Waals surface area contributed by atoms with E-state index in [9.17, 15) is 4.79 Å². The third-order valence-corrected chi connectivity index (χ3v) is 4.22. The Labute approximate surface area is 124 Å². The number of hydrogen-bond acceptors (Lipinski definition) is 2. The lowest BCUT2D eigenvalue weighted by Crippen LogP contribution is -2.36. The fraction of sp³-hybridized carbons (Fsp3) is 0.278. The van der Waals surface area contributed by atoms with Gasteiger partial charge in [0.05, 0.1) is 5.56 Å². The van der Waals surface area contributed by atoms with Gasteiger partial charge < -0.3 is 10.0 Å². The van der Waals surface area contributed by atoms with Crippen LogP contribution in [0.2, 0.25) is 0 Å². The van der Waals surface area contributed by atoms with Crippen molar-refractivity contribution in [3.8, 4) is 0 Å². The van der Waals surface area contributed by atoms with Crippen LogP contribution in [0.15, 0.2) is 48.5 Å². The Balaban J connectivity index is 1.85. The predicted molar refractivity (Wildman–Crippen MR) is 83.8 cm³/mol. The largest absolute Gasteiger partial charge is 0.478 e. The maximum absolute atomic E-state index is 10.9. The fourth-order valence-electron chi connectivity index (χ4n) is 2.95. The molecule has 2 aromatic rings. The van der Waals surface area contributed by atoms with Crippen molar-refractivity contribution >= 4 is 11.7 Å². The van der Waals surface area contributed by atoms with Gasteiger partial charge in [-0.1, -0.05) is 30.3 Å². The summed E-state index contributed by atoms with van der Waals surface area (Å²) in [6, 6.07) is 16.2. The average Bonchev–Trinajstić information content (AvgIpc) is 2.51. The highest BCUT2D eigenvalue weighted by Gasteiger charge is 2.22. The maximum Gasteiger partial charge on any atom is 0.335 e.